The number of hydrogen-bond acceptors (Lipinski definition) is 3. The molecule has 0 saturated carbocycles. The molecule has 2 fully saturated rings. The summed E-state index contributed by atoms with van der Waals surface area (Å²) in [4.78, 5) is 32.0. The average molecular weight is 442 g/mol. The van der Waals surface area contributed by atoms with E-state index >= 15 is 0 Å². The molecule has 0 aliphatic carbocycles. The van der Waals surface area contributed by atoms with Crippen molar-refractivity contribution in [3.05, 3.63) is 78.1 Å². The van der Waals surface area contributed by atoms with Crippen LogP contribution in [0, 0.1) is 0 Å². The minimum atomic E-state index is -0.365. The predicted octanol–water partition coefficient (Wildman–Crippen LogP) is 4.96. The molecule has 0 unspecified atom stereocenters. The number of piperidine rings is 1. The lowest BCUT2D eigenvalue weighted by Gasteiger charge is -2.37. The standard InChI is InChI=1S/C28H31N3O2/c32-26-13-15-28(30-26,19-22-9-5-8-21-7-1-2-11-24(21)22)16-14-27(33)31-18-4-3-12-25(31)23-10-6-17-29-20-23/h1-2,5-11,17,20,25H,3-4,12-16,18-19H2,(H,30,32)/t25-,28+/m0/s1. The monoisotopic (exact) mass is 441 g/mol. The number of likely N-dealkylation sites (tertiary alicyclic amines) is 1. The van der Waals surface area contributed by atoms with Gasteiger partial charge in [-0.05, 0) is 66.5 Å². The topological polar surface area (TPSA) is 62.3 Å². The van der Waals surface area contributed by atoms with Gasteiger partial charge >= 0.3 is 0 Å². The number of amides is 2. The van der Waals surface area contributed by atoms with Crippen LogP contribution in [0.15, 0.2) is 67.0 Å². The molecule has 1 aromatic heterocycles. The minimum absolute atomic E-state index is 0.0916. The third-order valence-corrected chi connectivity index (χ3v) is 7.35. The van der Waals surface area contributed by atoms with E-state index in [-0.39, 0.29) is 23.4 Å². The summed E-state index contributed by atoms with van der Waals surface area (Å²) >= 11 is 0. The van der Waals surface area contributed by atoms with Crippen LogP contribution in [0.25, 0.3) is 10.8 Å². The van der Waals surface area contributed by atoms with Crippen LogP contribution in [0.3, 0.4) is 0 Å². The summed E-state index contributed by atoms with van der Waals surface area (Å²) in [6, 6.07) is 18.9. The largest absolute Gasteiger partial charge is 0.350 e. The van der Waals surface area contributed by atoms with E-state index in [4.69, 9.17) is 0 Å². The summed E-state index contributed by atoms with van der Waals surface area (Å²) < 4.78 is 0. The van der Waals surface area contributed by atoms with Gasteiger partial charge in [0.2, 0.25) is 11.8 Å². The molecule has 2 amide bonds. The number of carbonyl (C=O) groups is 2. The Hall–Kier alpha value is -3.21. The number of aromatic nitrogens is 1. The molecular formula is C28H31N3O2. The van der Waals surface area contributed by atoms with Gasteiger partial charge in [0.05, 0.1) is 6.04 Å². The maximum absolute atomic E-state index is 13.4. The van der Waals surface area contributed by atoms with E-state index in [9.17, 15) is 9.59 Å². The molecule has 33 heavy (non-hydrogen) atoms. The second-order valence-corrected chi connectivity index (χ2v) is 9.53. The van der Waals surface area contributed by atoms with E-state index in [1.807, 2.05) is 17.2 Å². The first-order chi connectivity index (χ1) is 16.1. The molecule has 2 atom stereocenters. The highest BCUT2D eigenvalue weighted by atomic mass is 16.2. The lowest BCUT2D eigenvalue weighted by Crippen LogP contribution is -2.45. The van der Waals surface area contributed by atoms with Crippen LogP contribution in [0.5, 0.6) is 0 Å². The van der Waals surface area contributed by atoms with Crippen LogP contribution in [0.4, 0.5) is 0 Å². The maximum atomic E-state index is 13.4. The van der Waals surface area contributed by atoms with Crippen molar-refractivity contribution in [3.8, 4) is 0 Å². The Kier molecular flexibility index (Phi) is 6.12. The summed E-state index contributed by atoms with van der Waals surface area (Å²) in [6.07, 6.45) is 9.97. The van der Waals surface area contributed by atoms with Crippen molar-refractivity contribution in [1.82, 2.24) is 15.2 Å². The van der Waals surface area contributed by atoms with Gasteiger partial charge in [-0.15, -0.1) is 0 Å². The van der Waals surface area contributed by atoms with Crippen molar-refractivity contribution in [2.24, 2.45) is 0 Å². The number of rotatable bonds is 6. The Morgan fingerprint density at radius 3 is 2.79 bits per heavy atom. The van der Waals surface area contributed by atoms with E-state index in [1.54, 1.807) is 6.20 Å². The van der Waals surface area contributed by atoms with Crippen molar-refractivity contribution >= 4 is 22.6 Å². The predicted molar refractivity (Wildman–Crippen MR) is 130 cm³/mol. The van der Waals surface area contributed by atoms with Crippen molar-refractivity contribution in [2.45, 2.75) is 62.9 Å². The first-order valence-electron chi connectivity index (χ1n) is 12.1. The second-order valence-electron chi connectivity index (χ2n) is 9.53. The van der Waals surface area contributed by atoms with Gasteiger partial charge in [-0.2, -0.15) is 0 Å². The van der Waals surface area contributed by atoms with Gasteiger partial charge in [0.1, 0.15) is 0 Å². The van der Waals surface area contributed by atoms with Crippen LogP contribution in [-0.2, 0) is 16.0 Å². The molecule has 0 radical (unpaired) electrons. The molecule has 170 valence electrons. The van der Waals surface area contributed by atoms with Gasteiger partial charge in [-0.3, -0.25) is 14.6 Å². The number of nitrogens with one attached hydrogen (secondary N) is 1. The third kappa shape index (κ3) is 4.63. The molecule has 3 heterocycles. The molecule has 1 N–H and O–H groups in total. The first-order valence-corrected chi connectivity index (χ1v) is 12.1. The number of carbonyl (C=O) groups excluding carboxylic acids is 2. The number of fused-ring (bicyclic) bond motifs is 1. The number of hydrogen-bond donors (Lipinski definition) is 1. The molecule has 2 saturated heterocycles. The zero-order valence-corrected chi connectivity index (χ0v) is 19.0. The summed E-state index contributed by atoms with van der Waals surface area (Å²) in [5.41, 5.74) is 1.98. The third-order valence-electron chi connectivity index (χ3n) is 7.35. The second kappa shape index (κ2) is 9.34. The van der Waals surface area contributed by atoms with Crippen molar-refractivity contribution in [2.75, 3.05) is 6.54 Å². The molecule has 5 nitrogen and oxygen atoms in total. The van der Waals surface area contributed by atoms with Gasteiger partial charge in [0.25, 0.3) is 0 Å². The van der Waals surface area contributed by atoms with Crippen LogP contribution in [-0.4, -0.2) is 33.8 Å². The maximum Gasteiger partial charge on any atom is 0.223 e. The Labute approximate surface area is 195 Å². The highest BCUT2D eigenvalue weighted by Crippen LogP contribution is 2.35. The van der Waals surface area contributed by atoms with E-state index in [1.165, 1.54) is 16.3 Å². The normalized spacial score (nSPS) is 23.0. The van der Waals surface area contributed by atoms with Crippen LogP contribution in [0.1, 0.15) is 62.1 Å². The molecule has 2 aromatic carbocycles. The molecule has 5 rings (SSSR count). The lowest BCUT2D eigenvalue weighted by atomic mass is 9.83. The molecular weight excluding hydrogens is 410 g/mol. The smallest absolute Gasteiger partial charge is 0.223 e. The summed E-state index contributed by atoms with van der Waals surface area (Å²) in [5, 5.41) is 5.69. The van der Waals surface area contributed by atoms with E-state index in [2.05, 4.69) is 58.8 Å². The van der Waals surface area contributed by atoms with Gasteiger partial charge in [-0.25, -0.2) is 0 Å². The first kappa shape index (κ1) is 21.6. The Morgan fingerprint density at radius 2 is 1.97 bits per heavy atom. The molecule has 0 spiro atoms. The van der Waals surface area contributed by atoms with E-state index in [0.29, 0.717) is 19.3 Å². The highest BCUT2D eigenvalue weighted by Gasteiger charge is 2.39. The minimum Gasteiger partial charge on any atom is -0.350 e. The summed E-state index contributed by atoms with van der Waals surface area (Å²) in [7, 11) is 0. The van der Waals surface area contributed by atoms with E-state index in [0.717, 1.165) is 44.2 Å². The Morgan fingerprint density at radius 1 is 1.09 bits per heavy atom. The van der Waals surface area contributed by atoms with Crippen molar-refractivity contribution < 1.29 is 9.59 Å². The molecule has 5 heteroatoms. The van der Waals surface area contributed by atoms with Crippen molar-refractivity contribution in [1.29, 1.82) is 0 Å². The molecule has 3 aromatic rings. The SMILES string of the molecule is O=C1CC[C@@](CCC(=O)N2CCCC[C@H]2c2cccnc2)(Cc2cccc3ccccc23)N1. The lowest BCUT2D eigenvalue weighted by molar-refractivity contribution is -0.135. The fourth-order valence-corrected chi connectivity index (χ4v) is 5.63. The summed E-state index contributed by atoms with van der Waals surface area (Å²) in [6.45, 7) is 0.793. The molecule has 2 aliphatic heterocycles. The number of pyridine rings is 1. The number of nitrogens with zero attached hydrogens (tertiary/aromatic N) is 2. The van der Waals surface area contributed by atoms with Crippen molar-refractivity contribution in [3.63, 3.8) is 0 Å². The zero-order chi connectivity index (χ0) is 22.7. The van der Waals surface area contributed by atoms with E-state index < -0.39 is 0 Å². The van der Waals surface area contributed by atoms with Gasteiger partial charge < -0.3 is 10.2 Å². The van der Waals surface area contributed by atoms with Gasteiger partial charge in [0.15, 0.2) is 0 Å². The average Bonchev–Trinajstić information content (AvgIpc) is 3.23. The van der Waals surface area contributed by atoms with Crippen LogP contribution >= 0.6 is 0 Å². The Balaban J connectivity index is 1.34. The molecule has 0 bridgehead atoms. The summed E-state index contributed by atoms with van der Waals surface area (Å²) in [5.74, 6) is 0.274. The number of benzene rings is 2. The van der Waals surface area contributed by atoms with Crippen LogP contribution < -0.4 is 5.32 Å². The zero-order valence-electron chi connectivity index (χ0n) is 19.0. The molecule has 2 aliphatic rings. The highest BCUT2D eigenvalue weighted by molar-refractivity contribution is 5.86. The fourth-order valence-electron chi connectivity index (χ4n) is 5.63. The fraction of sp³-hybridized carbons (Fsp3) is 0.393. The quantitative estimate of drug-likeness (QED) is 0.588. The van der Waals surface area contributed by atoms with Crippen LogP contribution in [0.2, 0.25) is 0 Å². The van der Waals surface area contributed by atoms with Gasteiger partial charge in [-0.1, -0.05) is 48.5 Å². The van der Waals surface area contributed by atoms with Gasteiger partial charge in [0, 0.05) is 37.3 Å². The Bertz CT molecular complexity index is 1140.